The van der Waals surface area contributed by atoms with E-state index in [0.717, 1.165) is 25.9 Å². The Labute approximate surface area is 128 Å². The number of carbonyl (C=O) groups is 1. The molecule has 0 atom stereocenters. The van der Waals surface area contributed by atoms with Gasteiger partial charge in [0.15, 0.2) is 5.96 Å². The molecular weight excluding hydrogens is 284 g/mol. The maximum atomic E-state index is 11.5. The maximum absolute atomic E-state index is 11.5. The normalized spacial score (nSPS) is 15.5. The number of rotatable bonds is 3. The van der Waals surface area contributed by atoms with Crippen molar-refractivity contribution in [1.29, 1.82) is 0 Å². The SMILES string of the molecule is NC(N)=NC(N)=Nc1ccc(N2CCCCC2)c(C(=O)O)c1. The molecule has 0 saturated carbocycles. The van der Waals surface area contributed by atoms with E-state index in [1.54, 1.807) is 12.1 Å². The Morgan fingerprint density at radius 3 is 2.41 bits per heavy atom. The minimum atomic E-state index is -1.00. The first-order chi connectivity index (χ1) is 10.5. The molecule has 1 aromatic carbocycles. The van der Waals surface area contributed by atoms with Gasteiger partial charge in [0.2, 0.25) is 5.96 Å². The summed E-state index contributed by atoms with van der Waals surface area (Å²) >= 11 is 0. The lowest BCUT2D eigenvalue weighted by Gasteiger charge is -2.30. The van der Waals surface area contributed by atoms with Gasteiger partial charge in [-0.25, -0.2) is 9.79 Å². The zero-order valence-electron chi connectivity index (χ0n) is 12.2. The summed E-state index contributed by atoms with van der Waals surface area (Å²) < 4.78 is 0. The van der Waals surface area contributed by atoms with Crippen molar-refractivity contribution in [2.45, 2.75) is 19.3 Å². The van der Waals surface area contributed by atoms with E-state index in [-0.39, 0.29) is 17.5 Å². The Morgan fingerprint density at radius 1 is 1.14 bits per heavy atom. The van der Waals surface area contributed by atoms with Gasteiger partial charge in [-0.3, -0.25) is 0 Å². The summed E-state index contributed by atoms with van der Waals surface area (Å²) in [5.74, 6) is -1.33. The van der Waals surface area contributed by atoms with E-state index in [1.165, 1.54) is 12.5 Å². The van der Waals surface area contributed by atoms with Crippen LogP contribution in [0.3, 0.4) is 0 Å². The molecule has 0 spiro atoms. The van der Waals surface area contributed by atoms with Crippen molar-refractivity contribution in [3.8, 4) is 0 Å². The van der Waals surface area contributed by atoms with Crippen LogP contribution in [0, 0.1) is 0 Å². The number of hydrogen-bond acceptors (Lipinski definition) is 3. The van der Waals surface area contributed by atoms with Crippen molar-refractivity contribution < 1.29 is 9.90 Å². The third kappa shape index (κ3) is 3.87. The molecule has 8 nitrogen and oxygen atoms in total. The first-order valence-electron chi connectivity index (χ1n) is 7.03. The topological polar surface area (TPSA) is 143 Å². The second kappa shape index (κ2) is 6.79. The van der Waals surface area contributed by atoms with Gasteiger partial charge in [0.25, 0.3) is 0 Å². The average Bonchev–Trinajstić information content (AvgIpc) is 2.47. The summed E-state index contributed by atoms with van der Waals surface area (Å²) in [6, 6.07) is 4.92. The van der Waals surface area contributed by atoms with Crippen LogP contribution < -0.4 is 22.1 Å². The highest BCUT2D eigenvalue weighted by Crippen LogP contribution is 2.28. The van der Waals surface area contributed by atoms with Crippen molar-refractivity contribution in [2.24, 2.45) is 27.2 Å². The van der Waals surface area contributed by atoms with Gasteiger partial charge in [-0.1, -0.05) is 0 Å². The van der Waals surface area contributed by atoms with Crippen LogP contribution in [0.4, 0.5) is 11.4 Å². The second-order valence-corrected chi connectivity index (χ2v) is 5.06. The molecule has 1 fully saturated rings. The van der Waals surface area contributed by atoms with Crippen molar-refractivity contribution in [2.75, 3.05) is 18.0 Å². The molecule has 0 bridgehead atoms. The number of guanidine groups is 2. The lowest BCUT2D eigenvalue weighted by atomic mass is 10.1. The standard InChI is InChI=1S/C14H20N6O2/c15-13(16)19-14(17)18-9-4-5-11(10(8-9)12(21)22)20-6-2-1-3-7-20/h4-5,8H,1-3,6-7H2,(H,21,22)(H6,15,16,17,18,19). The summed E-state index contributed by atoms with van der Waals surface area (Å²) in [5.41, 5.74) is 17.3. The molecular formula is C14H20N6O2. The van der Waals surface area contributed by atoms with Crippen molar-refractivity contribution in [3.05, 3.63) is 23.8 Å². The van der Waals surface area contributed by atoms with Crippen LogP contribution in [0.5, 0.6) is 0 Å². The van der Waals surface area contributed by atoms with E-state index in [1.807, 2.05) is 0 Å². The Hall–Kier alpha value is -2.77. The molecule has 1 aliphatic heterocycles. The Balaban J connectivity index is 2.34. The van der Waals surface area contributed by atoms with Crippen LogP contribution >= 0.6 is 0 Å². The van der Waals surface area contributed by atoms with E-state index in [0.29, 0.717) is 11.4 Å². The largest absolute Gasteiger partial charge is 0.478 e. The summed E-state index contributed by atoms with van der Waals surface area (Å²) in [6.07, 6.45) is 3.31. The van der Waals surface area contributed by atoms with E-state index in [4.69, 9.17) is 17.2 Å². The molecule has 8 heteroatoms. The number of aromatic carboxylic acids is 1. The van der Waals surface area contributed by atoms with Gasteiger partial charge in [-0.2, -0.15) is 4.99 Å². The quantitative estimate of drug-likeness (QED) is 0.475. The molecule has 1 heterocycles. The van der Waals surface area contributed by atoms with E-state index < -0.39 is 5.97 Å². The predicted molar refractivity (Wildman–Crippen MR) is 86.6 cm³/mol. The van der Waals surface area contributed by atoms with E-state index in [9.17, 15) is 9.90 Å². The highest BCUT2D eigenvalue weighted by Gasteiger charge is 2.18. The highest BCUT2D eigenvalue weighted by molar-refractivity contribution is 5.97. The molecule has 22 heavy (non-hydrogen) atoms. The van der Waals surface area contributed by atoms with Crippen LogP contribution in [-0.2, 0) is 0 Å². The number of carboxylic acid groups (broad SMARTS) is 1. The average molecular weight is 304 g/mol. The summed E-state index contributed by atoms with van der Waals surface area (Å²) in [6.45, 7) is 1.72. The summed E-state index contributed by atoms with van der Waals surface area (Å²) in [4.78, 5) is 21.2. The van der Waals surface area contributed by atoms with Gasteiger partial charge in [-0.15, -0.1) is 0 Å². The number of anilines is 1. The lowest BCUT2D eigenvalue weighted by Crippen LogP contribution is -2.30. The Morgan fingerprint density at radius 2 is 1.82 bits per heavy atom. The minimum absolute atomic E-state index is 0.123. The minimum Gasteiger partial charge on any atom is -0.478 e. The van der Waals surface area contributed by atoms with Crippen LogP contribution in [0.15, 0.2) is 28.2 Å². The van der Waals surface area contributed by atoms with E-state index >= 15 is 0 Å². The zero-order chi connectivity index (χ0) is 16.1. The molecule has 2 rings (SSSR count). The van der Waals surface area contributed by atoms with E-state index in [2.05, 4.69) is 14.9 Å². The first kappa shape index (κ1) is 15.6. The molecule has 0 aromatic heterocycles. The number of hydrogen-bond donors (Lipinski definition) is 4. The van der Waals surface area contributed by atoms with Gasteiger partial charge >= 0.3 is 5.97 Å². The number of piperidine rings is 1. The fourth-order valence-electron chi connectivity index (χ4n) is 2.46. The molecule has 1 aliphatic rings. The van der Waals surface area contributed by atoms with Crippen LogP contribution in [0.1, 0.15) is 29.6 Å². The van der Waals surface area contributed by atoms with Crippen molar-refractivity contribution in [1.82, 2.24) is 0 Å². The smallest absolute Gasteiger partial charge is 0.337 e. The summed E-state index contributed by atoms with van der Waals surface area (Å²) in [5, 5.41) is 9.43. The molecule has 0 amide bonds. The van der Waals surface area contributed by atoms with Gasteiger partial charge in [0.05, 0.1) is 16.9 Å². The Kier molecular flexibility index (Phi) is 4.82. The monoisotopic (exact) mass is 304 g/mol. The fraction of sp³-hybridized carbons (Fsp3) is 0.357. The van der Waals surface area contributed by atoms with Crippen LogP contribution in [-0.4, -0.2) is 36.1 Å². The fourth-order valence-corrected chi connectivity index (χ4v) is 2.46. The van der Waals surface area contributed by atoms with Crippen LogP contribution in [0.2, 0.25) is 0 Å². The van der Waals surface area contributed by atoms with Gasteiger partial charge in [-0.05, 0) is 37.5 Å². The number of aliphatic imine (C=N–C) groups is 2. The second-order valence-electron chi connectivity index (χ2n) is 5.06. The summed E-state index contributed by atoms with van der Waals surface area (Å²) in [7, 11) is 0. The predicted octanol–water partition coefficient (Wildman–Crippen LogP) is 0.595. The molecule has 0 radical (unpaired) electrons. The zero-order valence-corrected chi connectivity index (χ0v) is 12.2. The van der Waals surface area contributed by atoms with Gasteiger partial charge in [0, 0.05) is 13.1 Å². The van der Waals surface area contributed by atoms with Crippen molar-refractivity contribution >= 4 is 29.3 Å². The third-order valence-electron chi connectivity index (χ3n) is 3.39. The molecule has 0 unspecified atom stereocenters. The molecule has 7 N–H and O–H groups in total. The maximum Gasteiger partial charge on any atom is 0.337 e. The third-order valence-corrected chi connectivity index (χ3v) is 3.39. The van der Waals surface area contributed by atoms with Gasteiger partial charge < -0.3 is 27.2 Å². The van der Waals surface area contributed by atoms with Crippen molar-refractivity contribution in [3.63, 3.8) is 0 Å². The highest BCUT2D eigenvalue weighted by atomic mass is 16.4. The number of benzene rings is 1. The molecule has 1 saturated heterocycles. The number of nitrogens with zero attached hydrogens (tertiary/aromatic N) is 3. The number of nitrogens with two attached hydrogens (primary N) is 3. The Bertz CT molecular complexity index is 616. The van der Waals surface area contributed by atoms with Gasteiger partial charge in [0.1, 0.15) is 0 Å². The number of carboxylic acids is 1. The first-order valence-corrected chi connectivity index (χ1v) is 7.03. The lowest BCUT2D eigenvalue weighted by molar-refractivity contribution is 0.0697. The molecule has 0 aliphatic carbocycles. The molecule has 118 valence electrons. The van der Waals surface area contributed by atoms with Crippen LogP contribution in [0.25, 0.3) is 0 Å². The molecule has 1 aromatic rings.